The second-order valence-corrected chi connectivity index (χ2v) is 10.6. The summed E-state index contributed by atoms with van der Waals surface area (Å²) in [4.78, 5) is 15.2. The van der Waals surface area contributed by atoms with Crippen LogP contribution in [0.4, 0.5) is 8.78 Å². The van der Waals surface area contributed by atoms with Crippen LogP contribution in [0.5, 0.6) is 0 Å². The van der Waals surface area contributed by atoms with Gasteiger partial charge < -0.3 is 10.5 Å². The van der Waals surface area contributed by atoms with E-state index in [1.165, 1.54) is 24.0 Å². The molecule has 3 N–H and O–H groups in total. The van der Waals surface area contributed by atoms with Gasteiger partial charge >= 0.3 is 0 Å². The summed E-state index contributed by atoms with van der Waals surface area (Å²) in [6.07, 6.45) is -1.56. The molecule has 1 aliphatic heterocycles. The Morgan fingerprint density at radius 2 is 1.63 bits per heavy atom. The molecule has 0 aromatic heterocycles. The van der Waals surface area contributed by atoms with E-state index in [0.717, 1.165) is 30.8 Å². The van der Waals surface area contributed by atoms with E-state index >= 15 is 0 Å². The van der Waals surface area contributed by atoms with Gasteiger partial charge in [-0.15, -0.1) is 0 Å². The van der Waals surface area contributed by atoms with Gasteiger partial charge in [-0.2, -0.15) is 17.2 Å². The van der Waals surface area contributed by atoms with E-state index in [1.807, 2.05) is 23.9 Å². The molecule has 0 radical (unpaired) electrons. The lowest BCUT2D eigenvalue weighted by molar-refractivity contribution is 0.0214. The molecule has 2 aromatic carbocycles. The number of thioether (sulfide) groups is 1. The van der Waals surface area contributed by atoms with E-state index < -0.39 is 29.8 Å². The summed E-state index contributed by atoms with van der Waals surface area (Å²) < 4.78 is 26.7. The van der Waals surface area contributed by atoms with Crippen molar-refractivity contribution in [3.8, 4) is 11.8 Å². The summed E-state index contributed by atoms with van der Waals surface area (Å²) in [5.74, 6) is 7.09. The van der Waals surface area contributed by atoms with Crippen molar-refractivity contribution in [2.75, 3.05) is 24.6 Å². The molecule has 1 amide bonds. The summed E-state index contributed by atoms with van der Waals surface area (Å²) >= 11 is 2.01. The zero-order valence-corrected chi connectivity index (χ0v) is 20.6. The molecule has 0 bridgehead atoms. The first kappa shape index (κ1) is 25.6. The van der Waals surface area contributed by atoms with E-state index in [2.05, 4.69) is 39.7 Å². The minimum absolute atomic E-state index is 0.358. The summed E-state index contributed by atoms with van der Waals surface area (Å²) in [5.41, 5.74) is 4.56. The lowest BCUT2D eigenvalue weighted by Gasteiger charge is -2.31. The smallest absolute Gasteiger partial charge is 0.251 e. The van der Waals surface area contributed by atoms with Gasteiger partial charge in [0.05, 0.1) is 11.6 Å². The van der Waals surface area contributed by atoms with Crippen LogP contribution in [0.25, 0.3) is 0 Å². The van der Waals surface area contributed by atoms with Crippen LogP contribution in [0.3, 0.4) is 0 Å². The average Bonchev–Trinajstić information content (AvgIpc) is 3.68. The van der Waals surface area contributed by atoms with Gasteiger partial charge in [0, 0.05) is 53.7 Å². The SMILES string of the molecule is C[C@@H](C(F)F)[C@H](NC(=O)c1ccc(C#Cc2ccc(CN3CCSCC3)cc2)cc1)C1(NO)CC1. The van der Waals surface area contributed by atoms with Crippen molar-refractivity contribution in [1.82, 2.24) is 15.7 Å². The normalized spacial score (nSPS) is 18.9. The first-order valence-corrected chi connectivity index (χ1v) is 13.1. The fraction of sp³-hybridized carbons (Fsp3) is 0.444. The highest BCUT2D eigenvalue weighted by Crippen LogP contribution is 2.42. The van der Waals surface area contributed by atoms with Crippen molar-refractivity contribution in [2.45, 2.75) is 44.3 Å². The number of hydrogen-bond acceptors (Lipinski definition) is 5. The van der Waals surface area contributed by atoms with Crippen molar-refractivity contribution < 1.29 is 18.8 Å². The summed E-state index contributed by atoms with van der Waals surface area (Å²) in [6.45, 7) is 4.60. The number of rotatable bonds is 8. The highest BCUT2D eigenvalue weighted by atomic mass is 32.2. The molecule has 186 valence electrons. The first-order chi connectivity index (χ1) is 16.9. The molecule has 2 aliphatic rings. The Balaban J connectivity index is 1.36. The molecule has 35 heavy (non-hydrogen) atoms. The van der Waals surface area contributed by atoms with Gasteiger partial charge in [-0.05, 0) is 54.8 Å². The van der Waals surface area contributed by atoms with Crippen LogP contribution in [-0.4, -0.2) is 58.6 Å². The number of hydrogen-bond donors (Lipinski definition) is 3. The van der Waals surface area contributed by atoms with Gasteiger partial charge in [0.25, 0.3) is 5.91 Å². The summed E-state index contributed by atoms with van der Waals surface area (Å²) in [7, 11) is 0. The third-order valence-electron chi connectivity index (χ3n) is 6.78. The molecule has 1 saturated heterocycles. The third-order valence-corrected chi connectivity index (χ3v) is 7.72. The van der Waals surface area contributed by atoms with Gasteiger partial charge in [0.1, 0.15) is 0 Å². The third kappa shape index (κ3) is 6.62. The van der Waals surface area contributed by atoms with Crippen LogP contribution in [0.1, 0.15) is 46.8 Å². The monoisotopic (exact) mass is 499 g/mol. The fourth-order valence-electron chi connectivity index (χ4n) is 4.33. The lowest BCUT2D eigenvalue weighted by Crippen LogP contribution is -2.56. The molecular weight excluding hydrogens is 468 g/mol. The maximum Gasteiger partial charge on any atom is 0.251 e. The molecule has 2 atom stereocenters. The molecule has 1 aliphatic carbocycles. The van der Waals surface area contributed by atoms with Gasteiger partial charge in [-0.1, -0.05) is 30.9 Å². The number of alkyl halides is 2. The van der Waals surface area contributed by atoms with Crippen LogP contribution >= 0.6 is 11.8 Å². The Kier molecular flexibility index (Phi) is 8.45. The van der Waals surface area contributed by atoms with Gasteiger partial charge in [0.2, 0.25) is 6.43 Å². The molecule has 4 rings (SSSR count). The highest BCUT2D eigenvalue weighted by molar-refractivity contribution is 7.99. The molecule has 2 fully saturated rings. The molecule has 5 nitrogen and oxygen atoms in total. The molecule has 0 spiro atoms. The number of carbonyl (C=O) groups is 1. The average molecular weight is 500 g/mol. The van der Waals surface area contributed by atoms with Gasteiger partial charge in [-0.25, -0.2) is 8.78 Å². The van der Waals surface area contributed by atoms with Crippen LogP contribution < -0.4 is 10.8 Å². The van der Waals surface area contributed by atoms with E-state index in [9.17, 15) is 18.8 Å². The van der Waals surface area contributed by atoms with Crippen molar-refractivity contribution >= 4 is 17.7 Å². The highest BCUT2D eigenvalue weighted by Gasteiger charge is 2.53. The topological polar surface area (TPSA) is 64.6 Å². The standard InChI is InChI=1S/C27H31F2N3O2S/c1-19(25(28)29)24(27(31-34)12-13-27)30-26(33)23-10-8-21(9-11-23)3-2-20-4-6-22(7-5-20)18-32-14-16-35-17-15-32/h4-11,19,24-25,31,34H,12-18H2,1H3,(H,30,33)/t19-,24+/m1/s1. The Morgan fingerprint density at radius 3 is 2.14 bits per heavy atom. The number of amides is 1. The van der Waals surface area contributed by atoms with E-state index in [0.29, 0.717) is 18.4 Å². The number of carbonyl (C=O) groups excluding carboxylic acids is 1. The predicted octanol–water partition coefficient (Wildman–Crippen LogP) is 4.15. The predicted molar refractivity (Wildman–Crippen MR) is 135 cm³/mol. The summed E-state index contributed by atoms with van der Waals surface area (Å²) in [6, 6.07) is 14.2. The Hall–Kier alpha value is -2.44. The summed E-state index contributed by atoms with van der Waals surface area (Å²) in [5, 5.41) is 12.2. The van der Waals surface area contributed by atoms with Crippen LogP contribution in [0.15, 0.2) is 48.5 Å². The van der Waals surface area contributed by atoms with E-state index in [-0.39, 0.29) is 0 Å². The quantitative estimate of drug-likeness (QED) is 0.376. The van der Waals surface area contributed by atoms with Crippen molar-refractivity contribution in [3.63, 3.8) is 0 Å². The fourth-order valence-corrected chi connectivity index (χ4v) is 5.31. The minimum atomic E-state index is -2.61. The number of nitrogens with one attached hydrogen (secondary N) is 2. The molecule has 0 unspecified atom stereocenters. The van der Waals surface area contributed by atoms with Gasteiger partial charge in [-0.3, -0.25) is 9.69 Å². The lowest BCUT2D eigenvalue weighted by atomic mass is 9.93. The first-order valence-electron chi connectivity index (χ1n) is 11.9. The second kappa shape index (κ2) is 11.5. The van der Waals surface area contributed by atoms with Crippen molar-refractivity contribution in [3.05, 3.63) is 70.8 Å². The van der Waals surface area contributed by atoms with Crippen LogP contribution in [-0.2, 0) is 6.54 Å². The maximum absolute atomic E-state index is 13.4. The zero-order chi connectivity index (χ0) is 24.8. The number of benzene rings is 2. The van der Waals surface area contributed by atoms with E-state index in [1.54, 1.807) is 24.3 Å². The number of nitrogens with zero attached hydrogens (tertiary/aromatic N) is 1. The molecule has 2 aromatic rings. The Morgan fingerprint density at radius 1 is 1.06 bits per heavy atom. The number of halogens is 2. The zero-order valence-electron chi connectivity index (χ0n) is 19.8. The number of hydroxylamine groups is 1. The molecular formula is C27H31F2N3O2S. The maximum atomic E-state index is 13.4. The molecule has 1 saturated carbocycles. The van der Waals surface area contributed by atoms with Crippen molar-refractivity contribution in [2.24, 2.45) is 5.92 Å². The Labute approximate surface area is 209 Å². The van der Waals surface area contributed by atoms with Gasteiger partial charge in [0.15, 0.2) is 0 Å². The molecule has 1 heterocycles. The largest absolute Gasteiger partial charge is 0.347 e. The minimum Gasteiger partial charge on any atom is -0.347 e. The van der Waals surface area contributed by atoms with Crippen LogP contribution in [0, 0.1) is 17.8 Å². The Bertz CT molecular complexity index is 1060. The van der Waals surface area contributed by atoms with E-state index in [4.69, 9.17) is 0 Å². The van der Waals surface area contributed by atoms with Crippen LogP contribution in [0.2, 0.25) is 0 Å². The van der Waals surface area contributed by atoms with Crippen molar-refractivity contribution in [1.29, 1.82) is 0 Å². The second-order valence-electron chi connectivity index (χ2n) is 9.33. The molecule has 8 heteroatoms.